The molecule has 6 heterocycles. The summed E-state index contributed by atoms with van der Waals surface area (Å²) in [6, 6.07) is 7.11. The zero-order chi connectivity index (χ0) is 26.7. The molecular formula is C30H31FN8. The van der Waals surface area contributed by atoms with Crippen LogP contribution < -0.4 is 10.2 Å². The number of hydrogen-bond donors (Lipinski definition) is 2. The Balaban J connectivity index is 1.43. The van der Waals surface area contributed by atoms with Crippen molar-refractivity contribution in [3.63, 3.8) is 0 Å². The fourth-order valence-corrected chi connectivity index (χ4v) is 6.13. The smallest absolute Gasteiger partial charge is 0.163 e. The molecule has 0 aromatic carbocycles. The van der Waals surface area contributed by atoms with Crippen LogP contribution in [0.15, 0.2) is 49.1 Å². The molecule has 1 saturated heterocycles. The molecule has 2 fully saturated rings. The molecule has 0 spiro atoms. The van der Waals surface area contributed by atoms with E-state index in [0.29, 0.717) is 29.1 Å². The Labute approximate surface area is 226 Å². The number of aromatic amines is 1. The lowest BCUT2D eigenvalue weighted by atomic mass is 9.79. The average Bonchev–Trinajstić information content (AvgIpc) is 3.69. The van der Waals surface area contributed by atoms with Crippen LogP contribution in [-0.4, -0.2) is 56.1 Å². The summed E-state index contributed by atoms with van der Waals surface area (Å²) in [6.45, 7) is 6.57. The predicted molar refractivity (Wildman–Crippen MR) is 151 cm³/mol. The number of nitrogens with zero attached hydrogens (tertiary/aromatic N) is 6. The van der Waals surface area contributed by atoms with Crippen molar-refractivity contribution in [3.8, 4) is 22.8 Å². The molecule has 2 aliphatic rings. The first-order valence-corrected chi connectivity index (χ1v) is 13.6. The summed E-state index contributed by atoms with van der Waals surface area (Å²) in [4.78, 5) is 29.2. The van der Waals surface area contributed by atoms with Crippen LogP contribution in [0.25, 0.3) is 44.7 Å². The number of aromatic nitrogens is 6. The van der Waals surface area contributed by atoms with E-state index in [1.165, 1.54) is 24.5 Å². The Morgan fingerprint density at radius 1 is 1.05 bits per heavy atom. The van der Waals surface area contributed by atoms with Gasteiger partial charge in [0.25, 0.3) is 0 Å². The predicted octanol–water partition coefficient (Wildman–Crippen LogP) is 5.47. The van der Waals surface area contributed by atoms with E-state index in [1.807, 2.05) is 24.5 Å². The highest BCUT2D eigenvalue weighted by Crippen LogP contribution is 2.46. The highest BCUT2D eigenvalue weighted by atomic mass is 19.1. The lowest BCUT2D eigenvalue weighted by Crippen LogP contribution is -2.53. The standard InChI is InChI=1S/C30H31FN8/c1-30(2)16-32-11-9-24(30)39(3)29-25-20(17-6-7-17)14-33-15-23(25)37-28(38-29)18-8-12-35-27-19(18)13-22(36-27)26-21(31)5-4-10-34-26/h4-5,8,10,12-15,17,24,32H,6-7,9,11,16H2,1-3H3,(H,35,36)/t24-/m0/s1. The van der Waals surface area contributed by atoms with E-state index >= 15 is 0 Å². The van der Waals surface area contributed by atoms with E-state index in [2.05, 4.69) is 51.0 Å². The van der Waals surface area contributed by atoms with Gasteiger partial charge in [-0.1, -0.05) is 13.8 Å². The number of hydrogen-bond acceptors (Lipinski definition) is 7. The molecule has 9 heteroatoms. The monoisotopic (exact) mass is 522 g/mol. The van der Waals surface area contributed by atoms with Crippen LogP contribution in [-0.2, 0) is 0 Å². The second kappa shape index (κ2) is 9.05. The zero-order valence-corrected chi connectivity index (χ0v) is 22.4. The summed E-state index contributed by atoms with van der Waals surface area (Å²) in [5, 5.41) is 5.47. The fraction of sp³-hybridized carbons (Fsp3) is 0.367. The van der Waals surface area contributed by atoms with E-state index in [4.69, 9.17) is 9.97 Å². The Morgan fingerprint density at radius 2 is 1.92 bits per heavy atom. The molecule has 198 valence electrons. The summed E-state index contributed by atoms with van der Waals surface area (Å²) in [6.07, 6.45) is 10.5. The Morgan fingerprint density at radius 3 is 2.72 bits per heavy atom. The van der Waals surface area contributed by atoms with Crippen LogP contribution in [0, 0.1) is 11.2 Å². The van der Waals surface area contributed by atoms with Crippen LogP contribution in [0.4, 0.5) is 10.2 Å². The maximum Gasteiger partial charge on any atom is 0.163 e. The van der Waals surface area contributed by atoms with Crippen molar-refractivity contribution >= 4 is 27.8 Å². The summed E-state index contributed by atoms with van der Waals surface area (Å²) < 4.78 is 14.5. The van der Waals surface area contributed by atoms with Gasteiger partial charge in [0.15, 0.2) is 11.6 Å². The maximum atomic E-state index is 14.5. The third-order valence-electron chi connectivity index (χ3n) is 8.30. The lowest BCUT2D eigenvalue weighted by Gasteiger charge is -2.45. The Hall–Kier alpha value is -3.98. The molecule has 2 N–H and O–H groups in total. The number of pyridine rings is 3. The van der Waals surface area contributed by atoms with E-state index < -0.39 is 0 Å². The number of nitrogens with one attached hydrogen (secondary N) is 2. The van der Waals surface area contributed by atoms with Crippen LogP contribution in [0.1, 0.15) is 44.6 Å². The molecule has 1 aliphatic heterocycles. The minimum Gasteiger partial charge on any atom is -0.355 e. The quantitative estimate of drug-likeness (QED) is 0.316. The molecule has 1 atom stereocenters. The number of rotatable bonds is 5. The lowest BCUT2D eigenvalue weighted by molar-refractivity contribution is 0.215. The van der Waals surface area contributed by atoms with Crippen LogP contribution in [0.5, 0.6) is 0 Å². The Kier molecular flexibility index (Phi) is 5.59. The van der Waals surface area contributed by atoms with E-state index in [0.717, 1.165) is 47.2 Å². The highest BCUT2D eigenvalue weighted by Gasteiger charge is 2.37. The van der Waals surface area contributed by atoms with Crippen molar-refractivity contribution in [2.75, 3.05) is 25.0 Å². The molecule has 1 aliphatic carbocycles. The molecule has 7 rings (SSSR count). The van der Waals surface area contributed by atoms with Crippen molar-refractivity contribution in [3.05, 3.63) is 60.4 Å². The van der Waals surface area contributed by atoms with Gasteiger partial charge in [0.05, 0.1) is 17.4 Å². The molecule has 5 aromatic rings. The van der Waals surface area contributed by atoms with Gasteiger partial charge in [-0.2, -0.15) is 0 Å². The number of H-pyrrole nitrogens is 1. The fourth-order valence-electron chi connectivity index (χ4n) is 6.13. The summed E-state index contributed by atoms with van der Waals surface area (Å²) >= 11 is 0. The molecule has 5 aromatic heterocycles. The molecule has 8 nitrogen and oxygen atoms in total. The van der Waals surface area contributed by atoms with Crippen molar-refractivity contribution < 1.29 is 4.39 Å². The van der Waals surface area contributed by atoms with Crippen LogP contribution in [0.3, 0.4) is 0 Å². The molecule has 1 saturated carbocycles. The van der Waals surface area contributed by atoms with Crippen molar-refractivity contribution in [1.82, 2.24) is 35.2 Å². The molecule has 39 heavy (non-hydrogen) atoms. The van der Waals surface area contributed by atoms with Crippen LogP contribution in [0.2, 0.25) is 0 Å². The largest absolute Gasteiger partial charge is 0.355 e. The zero-order valence-electron chi connectivity index (χ0n) is 22.4. The summed E-state index contributed by atoms with van der Waals surface area (Å²) in [7, 11) is 2.17. The number of anilines is 1. The molecule has 0 radical (unpaired) electrons. The van der Waals surface area contributed by atoms with Gasteiger partial charge in [-0.3, -0.25) is 9.97 Å². The van der Waals surface area contributed by atoms with Crippen molar-refractivity contribution in [2.24, 2.45) is 5.41 Å². The van der Waals surface area contributed by atoms with Gasteiger partial charge in [-0.15, -0.1) is 0 Å². The van der Waals surface area contributed by atoms with Gasteiger partial charge in [0.2, 0.25) is 0 Å². The highest BCUT2D eigenvalue weighted by molar-refractivity contribution is 5.98. The third kappa shape index (κ3) is 4.12. The first-order chi connectivity index (χ1) is 18.9. The third-order valence-corrected chi connectivity index (χ3v) is 8.30. The second-order valence-electron chi connectivity index (χ2n) is 11.5. The summed E-state index contributed by atoms with van der Waals surface area (Å²) in [5.41, 5.74) is 4.44. The van der Waals surface area contributed by atoms with Gasteiger partial charge >= 0.3 is 0 Å². The average molecular weight is 523 g/mol. The van der Waals surface area contributed by atoms with Crippen molar-refractivity contribution in [2.45, 2.75) is 45.1 Å². The minimum absolute atomic E-state index is 0.0729. The molecule has 0 bridgehead atoms. The van der Waals surface area contributed by atoms with E-state index in [-0.39, 0.29) is 16.9 Å². The molecule has 0 amide bonds. The SMILES string of the molecule is CN(c1nc(-c2ccnc3[nH]c(-c4ncccc4F)cc23)nc2cncc(C3CC3)c12)[C@H]1CCNCC1(C)C. The molecule has 0 unspecified atom stereocenters. The summed E-state index contributed by atoms with van der Waals surface area (Å²) in [5.74, 6) is 1.66. The first kappa shape index (κ1) is 24.1. The van der Waals surface area contributed by atoms with Gasteiger partial charge in [-0.25, -0.2) is 19.3 Å². The van der Waals surface area contributed by atoms with Crippen molar-refractivity contribution in [1.29, 1.82) is 0 Å². The number of halogens is 1. The Bertz CT molecular complexity index is 1710. The van der Waals surface area contributed by atoms with E-state index in [9.17, 15) is 4.39 Å². The van der Waals surface area contributed by atoms with Gasteiger partial charge in [0.1, 0.15) is 17.2 Å². The maximum absolute atomic E-state index is 14.5. The first-order valence-electron chi connectivity index (χ1n) is 13.6. The van der Waals surface area contributed by atoms with E-state index in [1.54, 1.807) is 18.5 Å². The van der Waals surface area contributed by atoms with Crippen LogP contribution >= 0.6 is 0 Å². The van der Waals surface area contributed by atoms with Gasteiger partial charge < -0.3 is 15.2 Å². The number of piperidine rings is 1. The number of fused-ring (bicyclic) bond motifs is 2. The second-order valence-corrected chi connectivity index (χ2v) is 11.5. The normalized spacial score (nSPS) is 19.0. The van der Waals surface area contributed by atoms with Gasteiger partial charge in [-0.05, 0) is 67.0 Å². The van der Waals surface area contributed by atoms with Gasteiger partial charge in [0, 0.05) is 54.6 Å². The minimum atomic E-state index is -0.389. The molecular weight excluding hydrogens is 491 g/mol. The topological polar surface area (TPSA) is 95.5 Å².